The number of ether oxygens (including phenoxy) is 1. The molecule has 0 aliphatic carbocycles. The van der Waals surface area contributed by atoms with Crippen LogP contribution in [-0.4, -0.2) is 45.4 Å². The number of amides is 1. The van der Waals surface area contributed by atoms with Crippen molar-refractivity contribution in [3.8, 4) is 5.75 Å². The molecule has 2 heterocycles. The summed E-state index contributed by atoms with van der Waals surface area (Å²) in [6.07, 6.45) is 4.68. The van der Waals surface area contributed by atoms with Crippen LogP contribution in [0.1, 0.15) is 42.4 Å². The fraction of sp³-hybridized carbons (Fsp3) is 0.458. The molecule has 4 rings (SSSR count). The zero-order valence-corrected chi connectivity index (χ0v) is 19.1. The van der Waals surface area contributed by atoms with Crippen LogP contribution in [-0.2, 0) is 27.7 Å². The molecular weight excluding hydrogens is 412 g/mol. The summed E-state index contributed by atoms with van der Waals surface area (Å²) in [6, 6.07) is 10.9. The third kappa shape index (κ3) is 4.34. The number of hydrogen-bond acceptors (Lipinski definition) is 4. The molecule has 0 bridgehead atoms. The van der Waals surface area contributed by atoms with Crippen LogP contribution in [0.15, 0.2) is 41.3 Å². The van der Waals surface area contributed by atoms with Crippen molar-refractivity contribution >= 4 is 21.6 Å². The molecule has 2 aromatic carbocycles. The lowest BCUT2D eigenvalue weighted by atomic mass is 9.95. The van der Waals surface area contributed by atoms with Gasteiger partial charge in [0.25, 0.3) is 0 Å². The number of methoxy groups -OCH3 is 1. The molecule has 2 aromatic rings. The first-order chi connectivity index (χ1) is 14.9. The van der Waals surface area contributed by atoms with E-state index in [-0.39, 0.29) is 5.91 Å². The van der Waals surface area contributed by atoms with Crippen LogP contribution < -0.4 is 9.64 Å². The Labute approximate surface area is 184 Å². The summed E-state index contributed by atoms with van der Waals surface area (Å²) in [6.45, 7) is 3.96. The van der Waals surface area contributed by atoms with Gasteiger partial charge in [0, 0.05) is 26.1 Å². The molecule has 0 atom stereocenters. The van der Waals surface area contributed by atoms with Crippen molar-refractivity contribution in [1.82, 2.24) is 4.31 Å². The van der Waals surface area contributed by atoms with Gasteiger partial charge in [-0.05, 0) is 73.9 Å². The molecule has 2 aliphatic rings. The van der Waals surface area contributed by atoms with Gasteiger partial charge in [-0.1, -0.05) is 18.2 Å². The SMILES string of the molecule is COc1ccc(C)c2c1N(C(=O)CCc1ccc(S(=O)(=O)N3CCCC3)cc1)CCC2. The molecule has 1 amide bonds. The molecule has 0 unspecified atom stereocenters. The van der Waals surface area contributed by atoms with E-state index in [9.17, 15) is 13.2 Å². The second-order valence-electron chi connectivity index (χ2n) is 8.32. The van der Waals surface area contributed by atoms with Crippen molar-refractivity contribution in [3.05, 3.63) is 53.1 Å². The molecule has 0 spiro atoms. The van der Waals surface area contributed by atoms with Crippen LogP contribution in [0.2, 0.25) is 0 Å². The van der Waals surface area contributed by atoms with Gasteiger partial charge >= 0.3 is 0 Å². The minimum atomic E-state index is -3.40. The quantitative estimate of drug-likeness (QED) is 0.684. The van der Waals surface area contributed by atoms with Gasteiger partial charge in [-0.3, -0.25) is 4.79 Å². The number of benzene rings is 2. The van der Waals surface area contributed by atoms with Gasteiger partial charge < -0.3 is 9.64 Å². The Balaban J connectivity index is 1.45. The standard InChI is InChI=1S/C24H30N2O4S/c1-18-7-13-22(30-2)24-21(18)6-5-17-26(24)23(27)14-10-19-8-11-20(12-9-19)31(28,29)25-15-3-4-16-25/h7-9,11-13H,3-6,10,14-17H2,1-2H3. The first-order valence-electron chi connectivity index (χ1n) is 11.0. The molecule has 0 radical (unpaired) electrons. The summed E-state index contributed by atoms with van der Waals surface area (Å²) < 4.78 is 32.4. The summed E-state index contributed by atoms with van der Waals surface area (Å²) in [5.41, 5.74) is 4.24. The Morgan fingerprint density at radius 2 is 1.71 bits per heavy atom. The number of aryl methyl sites for hydroxylation is 2. The van der Waals surface area contributed by atoms with E-state index in [0.29, 0.717) is 37.4 Å². The predicted octanol–water partition coefficient (Wildman–Crippen LogP) is 3.70. The van der Waals surface area contributed by atoms with Crippen LogP contribution in [0, 0.1) is 6.92 Å². The van der Waals surface area contributed by atoms with Gasteiger partial charge in [0.2, 0.25) is 15.9 Å². The van der Waals surface area contributed by atoms with Crippen LogP contribution in [0.3, 0.4) is 0 Å². The summed E-state index contributed by atoms with van der Waals surface area (Å²) in [5.74, 6) is 0.809. The minimum absolute atomic E-state index is 0.0682. The Morgan fingerprint density at radius 3 is 2.39 bits per heavy atom. The fourth-order valence-electron chi connectivity index (χ4n) is 4.56. The van der Waals surface area contributed by atoms with Crippen LogP contribution >= 0.6 is 0 Å². The van der Waals surface area contributed by atoms with Crippen molar-refractivity contribution in [1.29, 1.82) is 0 Å². The number of sulfonamides is 1. The summed E-state index contributed by atoms with van der Waals surface area (Å²) in [4.78, 5) is 15.3. The molecule has 6 nitrogen and oxygen atoms in total. The number of carbonyl (C=O) groups excluding carboxylic acids is 1. The van der Waals surface area contributed by atoms with Crippen molar-refractivity contribution in [2.24, 2.45) is 0 Å². The Morgan fingerprint density at radius 1 is 1.00 bits per heavy atom. The highest BCUT2D eigenvalue weighted by molar-refractivity contribution is 7.89. The van der Waals surface area contributed by atoms with E-state index in [4.69, 9.17) is 4.74 Å². The maximum atomic E-state index is 13.1. The van der Waals surface area contributed by atoms with Crippen molar-refractivity contribution in [2.45, 2.75) is 50.3 Å². The monoisotopic (exact) mass is 442 g/mol. The van der Waals surface area contributed by atoms with Gasteiger partial charge in [0.15, 0.2) is 0 Å². The molecule has 1 fully saturated rings. The minimum Gasteiger partial charge on any atom is -0.495 e. The largest absolute Gasteiger partial charge is 0.495 e. The van der Waals surface area contributed by atoms with E-state index in [0.717, 1.165) is 42.7 Å². The average molecular weight is 443 g/mol. The van der Waals surface area contributed by atoms with E-state index in [2.05, 4.69) is 6.92 Å². The molecule has 166 valence electrons. The molecule has 0 N–H and O–H groups in total. The Bertz CT molecular complexity index is 1060. The number of nitrogens with zero attached hydrogens (tertiary/aromatic N) is 2. The smallest absolute Gasteiger partial charge is 0.243 e. The van der Waals surface area contributed by atoms with Gasteiger partial charge in [-0.25, -0.2) is 8.42 Å². The summed E-state index contributed by atoms with van der Waals surface area (Å²) >= 11 is 0. The lowest BCUT2D eigenvalue weighted by Gasteiger charge is -2.32. The predicted molar refractivity (Wildman–Crippen MR) is 121 cm³/mol. The molecule has 31 heavy (non-hydrogen) atoms. The normalized spacial score (nSPS) is 16.9. The fourth-order valence-corrected chi connectivity index (χ4v) is 6.08. The summed E-state index contributed by atoms with van der Waals surface area (Å²) in [5, 5.41) is 0. The van der Waals surface area contributed by atoms with E-state index in [1.165, 1.54) is 11.1 Å². The van der Waals surface area contributed by atoms with Crippen molar-refractivity contribution in [3.63, 3.8) is 0 Å². The highest BCUT2D eigenvalue weighted by atomic mass is 32.2. The third-order valence-electron chi connectivity index (χ3n) is 6.33. The molecule has 1 saturated heterocycles. The summed E-state index contributed by atoms with van der Waals surface area (Å²) in [7, 11) is -1.77. The lowest BCUT2D eigenvalue weighted by molar-refractivity contribution is -0.118. The average Bonchev–Trinajstić information content (AvgIpc) is 3.34. The van der Waals surface area contributed by atoms with E-state index >= 15 is 0 Å². The van der Waals surface area contributed by atoms with E-state index in [1.807, 2.05) is 29.2 Å². The zero-order chi connectivity index (χ0) is 22.0. The van der Waals surface area contributed by atoms with Crippen molar-refractivity contribution < 1.29 is 17.9 Å². The Hall–Kier alpha value is -2.38. The third-order valence-corrected chi connectivity index (χ3v) is 8.25. The molecule has 0 aromatic heterocycles. The number of anilines is 1. The Kier molecular flexibility index (Phi) is 6.34. The first-order valence-corrected chi connectivity index (χ1v) is 12.4. The van der Waals surface area contributed by atoms with Gasteiger partial charge in [-0.15, -0.1) is 0 Å². The molecule has 0 saturated carbocycles. The van der Waals surface area contributed by atoms with Gasteiger partial charge in [0.1, 0.15) is 5.75 Å². The maximum Gasteiger partial charge on any atom is 0.243 e. The number of hydrogen-bond donors (Lipinski definition) is 0. The van der Waals surface area contributed by atoms with E-state index in [1.54, 1.807) is 23.5 Å². The highest BCUT2D eigenvalue weighted by Gasteiger charge is 2.28. The van der Waals surface area contributed by atoms with Crippen molar-refractivity contribution in [2.75, 3.05) is 31.6 Å². The zero-order valence-electron chi connectivity index (χ0n) is 18.3. The number of carbonyl (C=O) groups is 1. The second-order valence-corrected chi connectivity index (χ2v) is 10.3. The van der Waals surface area contributed by atoms with Gasteiger partial charge in [-0.2, -0.15) is 4.31 Å². The number of rotatable bonds is 6. The highest BCUT2D eigenvalue weighted by Crippen LogP contribution is 2.38. The molecular formula is C24H30N2O4S. The molecule has 7 heteroatoms. The van der Waals surface area contributed by atoms with Crippen LogP contribution in [0.4, 0.5) is 5.69 Å². The first kappa shape index (κ1) is 21.8. The van der Waals surface area contributed by atoms with Crippen LogP contribution in [0.5, 0.6) is 5.75 Å². The van der Waals surface area contributed by atoms with E-state index < -0.39 is 10.0 Å². The van der Waals surface area contributed by atoms with Crippen LogP contribution in [0.25, 0.3) is 0 Å². The molecule has 2 aliphatic heterocycles. The lowest BCUT2D eigenvalue weighted by Crippen LogP contribution is -2.36. The topological polar surface area (TPSA) is 66.9 Å². The second kappa shape index (κ2) is 9.01. The maximum absolute atomic E-state index is 13.1. The van der Waals surface area contributed by atoms with Gasteiger partial charge in [0.05, 0.1) is 17.7 Å². The number of fused-ring (bicyclic) bond motifs is 1.